The van der Waals surface area contributed by atoms with Crippen LogP contribution in [0.25, 0.3) is 0 Å². The van der Waals surface area contributed by atoms with Gasteiger partial charge in [0.1, 0.15) is 0 Å². The van der Waals surface area contributed by atoms with Crippen LogP contribution in [0, 0.1) is 0 Å². The first-order valence-electron chi connectivity index (χ1n) is 7.73. The van der Waals surface area contributed by atoms with E-state index in [1.807, 2.05) is 24.3 Å². The van der Waals surface area contributed by atoms with Gasteiger partial charge in [-0.2, -0.15) is 0 Å². The molecule has 26 heavy (non-hydrogen) atoms. The van der Waals surface area contributed by atoms with Crippen molar-refractivity contribution in [1.29, 1.82) is 0 Å². The predicted octanol–water partition coefficient (Wildman–Crippen LogP) is 2.51. The first-order valence-corrected chi connectivity index (χ1v) is 8.49. The van der Waals surface area contributed by atoms with Crippen LogP contribution in [0.2, 0.25) is 10.0 Å². The van der Waals surface area contributed by atoms with Crippen molar-refractivity contribution in [1.82, 2.24) is 5.32 Å². The number of anilines is 2. The average Bonchev–Trinajstić information content (AvgIpc) is 2.81. The lowest BCUT2D eigenvalue weighted by Gasteiger charge is -2.27. The van der Waals surface area contributed by atoms with E-state index in [9.17, 15) is 4.79 Å². The summed E-state index contributed by atoms with van der Waals surface area (Å²) >= 11 is 12.3. The van der Waals surface area contributed by atoms with E-state index in [-0.39, 0.29) is 17.8 Å². The molecule has 2 aromatic rings. The number of halogens is 2. The average molecular weight is 389 g/mol. The van der Waals surface area contributed by atoms with Crippen LogP contribution in [-0.4, -0.2) is 24.9 Å². The standard InChI is InChI=1S/C17H14Cl2N6O/c1-25-12-8-3-2-5-9(12)17(14(25)26)23-15(20)22-16(24-17)21-11-7-4-6-10(18)13(11)19/h2-8H,1H3,(H4,20,21,22,23,24)/t17-/m1/s1. The molecule has 0 radical (unpaired) electrons. The normalized spacial score (nSPS) is 21.2. The van der Waals surface area contributed by atoms with Crippen LogP contribution in [0.15, 0.2) is 52.4 Å². The second kappa shape index (κ2) is 5.89. The van der Waals surface area contributed by atoms with Gasteiger partial charge in [0.15, 0.2) is 5.96 Å². The van der Waals surface area contributed by atoms with Gasteiger partial charge in [0.2, 0.25) is 5.96 Å². The Bertz CT molecular complexity index is 989. The Hall–Kier alpha value is -2.77. The Morgan fingerprint density at radius 3 is 2.73 bits per heavy atom. The summed E-state index contributed by atoms with van der Waals surface area (Å²) in [7, 11) is 1.68. The molecule has 0 saturated heterocycles. The molecule has 0 bridgehead atoms. The molecule has 0 aromatic heterocycles. The smallest absolute Gasteiger partial charge is 0.282 e. The highest BCUT2D eigenvalue weighted by Crippen LogP contribution is 2.44. The third kappa shape index (κ3) is 2.40. The van der Waals surface area contributed by atoms with Gasteiger partial charge >= 0.3 is 0 Å². The molecule has 0 unspecified atom stereocenters. The van der Waals surface area contributed by atoms with Gasteiger partial charge in [-0.15, -0.1) is 0 Å². The summed E-state index contributed by atoms with van der Waals surface area (Å²) in [6.45, 7) is 0. The molecule has 2 aromatic carbocycles. The highest BCUT2D eigenvalue weighted by Gasteiger charge is 2.52. The maximum absolute atomic E-state index is 13.0. The molecule has 2 aliphatic heterocycles. The fourth-order valence-electron chi connectivity index (χ4n) is 3.06. The molecule has 1 atom stereocenters. The van der Waals surface area contributed by atoms with E-state index in [4.69, 9.17) is 28.9 Å². The van der Waals surface area contributed by atoms with E-state index in [0.717, 1.165) is 5.69 Å². The number of guanidine groups is 2. The minimum atomic E-state index is -1.46. The van der Waals surface area contributed by atoms with E-state index in [2.05, 4.69) is 20.6 Å². The van der Waals surface area contributed by atoms with E-state index in [1.54, 1.807) is 25.2 Å². The molecular weight excluding hydrogens is 375 g/mol. The van der Waals surface area contributed by atoms with Gasteiger partial charge in [0.25, 0.3) is 11.6 Å². The molecule has 0 saturated carbocycles. The molecule has 1 amide bonds. The number of nitrogens with zero attached hydrogens (tertiary/aromatic N) is 3. The molecular formula is C17H14Cl2N6O. The molecule has 2 heterocycles. The summed E-state index contributed by atoms with van der Waals surface area (Å²) in [6.07, 6.45) is 0. The van der Waals surface area contributed by atoms with Gasteiger partial charge in [-0.05, 0) is 18.2 Å². The summed E-state index contributed by atoms with van der Waals surface area (Å²) < 4.78 is 0. The number of nitrogens with two attached hydrogens (primary N) is 1. The fraction of sp³-hybridized carbons (Fsp3) is 0.118. The Labute approximate surface area is 159 Å². The Morgan fingerprint density at radius 2 is 1.92 bits per heavy atom. The minimum absolute atomic E-state index is 0.0686. The van der Waals surface area contributed by atoms with Crippen LogP contribution >= 0.6 is 23.2 Å². The number of hydrogen-bond donors (Lipinski definition) is 3. The first kappa shape index (κ1) is 16.7. The van der Waals surface area contributed by atoms with Gasteiger partial charge < -0.3 is 16.0 Å². The number of benzene rings is 2. The second-order valence-electron chi connectivity index (χ2n) is 5.86. The molecule has 0 aliphatic carbocycles. The van der Waals surface area contributed by atoms with Crippen LogP contribution in [-0.2, 0) is 10.5 Å². The van der Waals surface area contributed by atoms with Crippen molar-refractivity contribution in [2.45, 2.75) is 5.66 Å². The van der Waals surface area contributed by atoms with E-state index >= 15 is 0 Å². The van der Waals surface area contributed by atoms with Crippen molar-refractivity contribution in [3.05, 3.63) is 58.1 Å². The van der Waals surface area contributed by atoms with Crippen molar-refractivity contribution in [2.24, 2.45) is 15.7 Å². The highest BCUT2D eigenvalue weighted by molar-refractivity contribution is 6.44. The van der Waals surface area contributed by atoms with Gasteiger partial charge in [0, 0.05) is 12.6 Å². The summed E-state index contributed by atoms with van der Waals surface area (Å²) in [5, 5.41) is 6.58. The number of carbonyl (C=O) groups is 1. The van der Waals surface area contributed by atoms with Crippen molar-refractivity contribution in [3.63, 3.8) is 0 Å². The second-order valence-corrected chi connectivity index (χ2v) is 6.65. The summed E-state index contributed by atoms with van der Waals surface area (Å²) in [4.78, 5) is 23.3. The fourth-order valence-corrected chi connectivity index (χ4v) is 3.41. The first-order chi connectivity index (χ1) is 12.4. The maximum atomic E-state index is 13.0. The molecule has 7 nitrogen and oxygen atoms in total. The van der Waals surface area contributed by atoms with E-state index in [1.165, 1.54) is 4.90 Å². The summed E-state index contributed by atoms with van der Waals surface area (Å²) in [5.74, 6) is 0.0267. The Morgan fingerprint density at radius 1 is 1.15 bits per heavy atom. The van der Waals surface area contributed by atoms with Crippen molar-refractivity contribution >= 4 is 52.4 Å². The zero-order valence-corrected chi connectivity index (χ0v) is 15.1. The number of carbonyl (C=O) groups excluding carboxylic acids is 1. The largest absolute Gasteiger partial charge is 0.370 e. The zero-order chi connectivity index (χ0) is 18.5. The Kier molecular flexibility index (Phi) is 3.78. The SMILES string of the molecule is CN1C(=O)[C@@]2(N=C(N)NC(Nc3cccc(Cl)c3Cl)=N2)c2ccccc21. The zero-order valence-electron chi connectivity index (χ0n) is 13.6. The third-order valence-electron chi connectivity index (χ3n) is 4.25. The van der Waals surface area contributed by atoms with Gasteiger partial charge in [-0.25, -0.2) is 9.98 Å². The Balaban J connectivity index is 1.81. The van der Waals surface area contributed by atoms with Crippen LogP contribution in [0.1, 0.15) is 5.56 Å². The lowest BCUT2D eigenvalue weighted by molar-refractivity contribution is -0.122. The number of aliphatic imine (C=N–C) groups is 2. The monoisotopic (exact) mass is 388 g/mol. The number of amides is 1. The van der Waals surface area contributed by atoms with Gasteiger partial charge in [0.05, 0.1) is 21.4 Å². The van der Waals surface area contributed by atoms with Crippen molar-refractivity contribution in [3.8, 4) is 0 Å². The number of hydrogen-bond acceptors (Lipinski definition) is 6. The molecule has 1 spiro atoms. The van der Waals surface area contributed by atoms with Crippen LogP contribution < -0.4 is 21.3 Å². The number of nitrogens with one attached hydrogen (secondary N) is 2. The predicted molar refractivity (Wildman–Crippen MR) is 104 cm³/mol. The topological polar surface area (TPSA) is 95.1 Å². The molecule has 4 N–H and O–H groups in total. The number of likely N-dealkylation sites (N-methyl/N-ethyl adjacent to an activating group) is 1. The van der Waals surface area contributed by atoms with Crippen molar-refractivity contribution in [2.75, 3.05) is 17.3 Å². The quantitative estimate of drug-likeness (QED) is 0.699. The van der Waals surface area contributed by atoms with E-state index in [0.29, 0.717) is 21.3 Å². The lowest BCUT2D eigenvalue weighted by Crippen LogP contribution is -2.50. The van der Waals surface area contributed by atoms with E-state index < -0.39 is 5.66 Å². The van der Waals surface area contributed by atoms with Gasteiger partial charge in [-0.3, -0.25) is 10.1 Å². The highest BCUT2D eigenvalue weighted by atomic mass is 35.5. The number of fused-ring (bicyclic) bond motifs is 2. The molecule has 4 rings (SSSR count). The molecule has 2 aliphatic rings. The molecule has 0 fully saturated rings. The van der Waals surface area contributed by atoms with Crippen LogP contribution in [0.3, 0.4) is 0 Å². The number of rotatable bonds is 1. The van der Waals surface area contributed by atoms with Gasteiger partial charge in [-0.1, -0.05) is 47.5 Å². The number of para-hydroxylation sites is 1. The lowest BCUT2D eigenvalue weighted by atomic mass is 10.0. The minimum Gasteiger partial charge on any atom is -0.370 e. The third-order valence-corrected chi connectivity index (χ3v) is 5.07. The maximum Gasteiger partial charge on any atom is 0.282 e. The van der Waals surface area contributed by atoms with Crippen LogP contribution in [0.4, 0.5) is 11.4 Å². The van der Waals surface area contributed by atoms with Crippen molar-refractivity contribution < 1.29 is 4.79 Å². The van der Waals surface area contributed by atoms with Crippen LogP contribution in [0.5, 0.6) is 0 Å². The molecule has 132 valence electrons. The summed E-state index contributed by atoms with van der Waals surface area (Å²) in [6, 6.07) is 12.5. The molecule has 9 heteroatoms. The summed E-state index contributed by atoms with van der Waals surface area (Å²) in [5.41, 5.74) is 6.42.